The monoisotopic (exact) mass is 350 g/mol. The maximum atomic E-state index is 10.8. The summed E-state index contributed by atoms with van der Waals surface area (Å²) in [4.78, 5) is 15.7. The van der Waals surface area contributed by atoms with E-state index < -0.39 is 0 Å². The number of carbonyl (C=O) groups excluding carboxylic acids is 1. The fraction of sp³-hybridized carbons (Fsp3) is 0.250. The number of phenolic OH excluding ortho intramolecular Hbond substituents is 1. The Labute approximate surface area is 152 Å². The zero-order valence-electron chi connectivity index (χ0n) is 14.8. The van der Waals surface area contributed by atoms with Gasteiger partial charge in [-0.1, -0.05) is 18.7 Å². The van der Waals surface area contributed by atoms with Crippen molar-refractivity contribution in [2.75, 3.05) is 13.1 Å². The number of H-pyrrole nitrogens is 1. The van der Waals surface area contributed by atoms with Gasteiger partial charge >= 0.3 is 0 Å². The smallest absolute Gasteiger partial charge is 0.245 e. The molecule has 1 fully saturated rings. The van der Waals surface area contributed by atoms with Gasteiger partial charge in [0.25, 0.3) is 0 Å². The molecule has 4 rings (SSSR count). The van der Waals surface area contributed by atoms with E-state index in [1.165, 1.54) is 6.08 Å². The number of para-hydroxylation sites is 1. The van der Waals surface area contributed by atoms with E-state index in [1.54, 1.807) is 12.1 Å². The maximum Gasteiger partial charge on any atom is 0.245 e. The topological polar surface area (TPSA) is 82.1 Å². The van der Waals surface area contributed by atoms with Crippen LogP contribution in [0.1, 0.15) is 18.4 Å². The average molecular weight is 350 g/mol. The molecule has 1 amide bonds. The van der Waals surface area contributed by atoms with Crippen LogP contribution in [-0.2, 0) is 4.79 Å². The van der Waals surface area contributed by atoms with Crippen LogP contribution in [0.2, 0.25) is 0 Å². The molecular weight excluding hydrogens is 328 g/mol. The number of likely N-dealkylation sites (tertiary alicyclic amines) is 1. The van der Waals surface area contributed by atoms with Crippen LogP contribution >= 0.6 is 0 Å². The van der Waals surface area contributed by atoms with Gasteiger partial charge in [0, 0.05) is 30.2 Å². The minimum atomic E-state index is 0.0764. The summed E-state index contributed by atoms with van der Waals surface area (Å²) in [7, 11) is 0. The number of nitrogens with one attached hydrogen (secondary N) is 1. The Morgan fingerprint density at radius 3 is 2.69 bits per heavy atom. The Morgan fingerprint density at radius 2 is 2.00 bits per heavy atom. The Balaban J connectivity index is 0.000000185. The molecule has 0 spiro atoms. The number of hydrogen-bond acceptors (Lipinski definition) is 4. The summed E-state index contributed by atoms with van der Waals surface area (Å²) in [6.45, 7) is 7.27. The Morgan fingerprint density at radius 1 is 1.27 bits per heavy atom. The summed E-state index contributed by atoms with van der Waals surface area (Å²) in [5.41, 5.74) is 3.26. The summed E-state index contributed by atoms with van der Waals surface area (Å²) >= 11 is 0. The third kappa shape index (κ3) is 3.74. The zero-order valence-corrected chi connectivity index (χ0v) is 14.8. The van der Waals surface area contributed by atoms with Crippen molar-refractivity contribution in [1.82, 2.24) is 20.1 Å². The highest BCUT2D eigenvalue weighted by Gasteiger charge is 2.14. The Hall–Kier alpha value is -3.15. The summed E-state index contributed by atoms with van der Waals surface area (Å²) in [5, 5.41) is 19.0. The molecule has 0 saturated carbocycles. The number of benzene rings is 1. The first-order valence-corrected chi connectivity index (χ1v) is 8.61. The molecule has 3 heterocycles. The molecule has 0 bridgehead atoms. The number of fused-ring (bicyclic) bond motifs is 1. The number of nitrogens with zero attached hydrogens (tertiary/aromatic N) is 3. The number of rotatable bonds is 2. The van der Waals surface area contributed by atoms with E-state index in [9.17, 15) is 9.90 Å². The lowest BCUT2D eigenvalue weighted by Gasteiger charge is -2.10. The number of aromatic amines is 1. The minimum Gasteiger partial charge on any atom is -0.507 e. The second-order valence-electron chi connectivity index (χ2n) is 6.22. The second kappa shape index (κ2) is 7.82. The van der Waals surface area contributed by atoms with E-state index in [4.69, 9.17) is 0 Å². The van der Waals surface area contributed by atoms with Crippen molar-refractivity contribution in [3.63, 3.8) is 0 Å². The van der Waals surface area contributed by atoms with E-state index in [1.807, 2.05) is 36.2 Å². The lowest BCUT2D eigenvalue weighted by molar-refractivity contribution is -0.124. The van der Waals surface area contributed by atoms with Crippen LogP contribution in [0.3, 0.4) is 0 Å². The number of amides is 1. The third-order valence-corrected chi connectivity index (χ3v) is 4.42. The van der Waals surface area contributed by atoms with Crippen molar-refractivity contribution in [3.05, 3.63) is 54.7 Å². The summed E-state index contributed by atoms with van der Waals surface area (Å²) < 4.78 is 0. The molecule has 0 atom stereocenters. The van der Waals surface area contributed by atoms with Crippen molar-refractivity contribution >= 4 is 16.9 Å². The first-order valence-electron chi connectivity index (χ1n) is 8.61. The number of hydrogen-bond donors (Lipinski definition) is 2. The quantitative estimate of drug-likeness (QED) is 0.694. The number of phenols is 1. The van der Waals surface area contributed by atoms with Crippen LogP contribution in [0.4, 0.5) is 0 Å². The van der Waals surface area contributed by atoms with Gasteiger partial charge in [0.1, 0.15) is 5.75 Å². The van der Waals surface area contributed by atoms with Crippen molar-refractivity contribution in [3.8, 4) is 17.0 Å². The van der Waals surface area contributed by atoms with Gasteiger partial charge < -0.3 is 15.0 Å². The number of aromatic nitrogens is 3. The van der Waals surface area contributed by atoms with Gasteiger partial charge in [-0.2, -0.15) is 0 Å². The van der Waals surface area contributed by atoms with Crippen molar-refractivity contribution in [1.29, 1.82) is 0 Å². The average Bonchev–Trinajstić information content (AvgIpc) is 3.32. The van der Waals surface area contributed by atoms with Gasteiger partial charge in [0.15, 0.2) is 5.65 Å². The normalized spacial score (nSPS) is 13.3. The Kier molecular flexibility index (Phi) is 5.31. The van der Waals surface area contributed by atoms with Crippen LogP contribution in [0, 0.1) is 6.92 Å². The van der Waals surface area contributed by atoms with Gasteiger partial charge in [-0.15, -0.1) is 10.2 Å². The van der Waals surface area contributed by atoms with Crippen LogP contribution < -0.4 is 0 Å². The van der Waals surface area contributed by atoms with Crippen LogP contribution in [0.15, 0.2) is 49.2 Å². The summed E-state index contributed by atoms with van der Waals surface area (Å²) in [5.74, 6) is 0.293. The van der Waals surface area contributed by atoms with Gasteiger partial charge in [-0.3, -0.25) is 4.79 Å². The maximum absolute atomic E-state index is 10.8. The number of aryl methyl sites for hydroxylation is 1. The molecule has 0 unspecified atom stereocenters. The highest BCUT2D eigenvalue weighted by Crippen LogP contribution is 2.28. The molecule has 0 aliphatic carbocycles. The fourth-order valence-corrected chi connectivity index (χ4v) is 2.94. The second-order valence-corrected chi connectivity index (χ2v) is 6.22. The molecule has 1 aliphatic rings. The zero-order chi connectivity index (χ0) is 18.5. The number of carbonyl (C=O) groups is 1. The van der Waals surface area contributed by atoms with Gasteiger partial charge in [-0.05, 0) is 49.6 Å². The summed E-state index contributed by atoms with van der Waals surface area (Å²) in [6, 6.07) is 9.05. The molecule has 6 heteroatoms. The molecule has 2 aromatic heterocycles. The SMILES string of the molecule is C=CC(=O)N1CCCC1.Cc1c[nH]c2nnc(-c3ccccc3O)cc12. The van der Waals surface area contributed by atoms with Gasteiger partial charge in [0.2, 0.25) is 5.91 Å². The van der Waals surface area contributed by atoms with Crippen molar-refractivity contribution < 1.29 is 9.90 Å². The van der Waals surface area contributed by atoms with Gasteiger partial charge in [-0.25, -0.2) is 0 Å². The lowest BCUT2D eigenvalue weighted by Crippen LogP contribution is -2.25. The van der Waals surface area contributed by atoms with Crippen LogP contribution in [0.25, 0.3) is 22.3 Å². The molecular formula is C20H22N4O2. The van der Waals surface area contributed by atoms with E-state index in [0.29, 0.717) is 11.3 Å². The van der Waals surface area contributed by atoms with E-state index in [0.717, 1.165) is 42.5 Å². The fourth-order valence-electron chi connectivity index (χ4n) is 2.94. The lowest BCUT2D eigenvalue weighted by atomic mass is 10.1. The van der Waals surface area contributed by atoms with E-state index in [-0.39, 0.29) is 11.7 Å². The molecule has 6 nitrogen and oxygen atoms in total. The molecule has 1 aliphatic heterocycles. The predicted molar refractivity (Wildman–Crippen MR) is 102 cm³/mol. The molecule has 2 N–H and O–H groups in total. The van der Waals surface area contributed by atoms with Gasteiger partial charge in [0.05, 0.1) is 5.69 Å². The molecule has 26 heavy (non-hydrogen) atoms. The van der Waals surface area contributed by atoms with Crippen molar-refractivity contribution in [2.24, 2.45) is 0 Å². The Bertz CT molecular complexity index is 926. The minimum absolute atomic E-state index is 0.0764. The molecule has 1 saturated heterocycles. The van der Waals surface area contributed by atoms with E-state index in [2.05, 4.69) is 21.8 Å². The standard InChI is InChI=1S/C13H11N3O.C7H11NO/c1-8-7-14-13-10(8)6-11(15-16-13)9-4-2-3-5-12(9)17;1-2-7(9)8-5-3-4-6-8/h2-7,17H,1H3,(H,14,16);2H,1,3-6H2. The first kappa shape index (κ1) is 17.7. The predicted octanol–water partition coefficient (Wildman–Crippen LogP) is 3.43. The molecule has 134 valence electrons. The highest BCUT2D eigenvalue weighted by molar-refractivity contribution is 5.87. The van der Waals surface area contributed by atoms with Crippen molar-refractivity contribution in [2.45, 2.75) is 19.8 Å². The highest BCUT2D eigenvalue weighted by atomic mass is 16.3. The number of aromatic hydroxyl groups is 1. The third-order valence-electron chi connectivity index (χ3n) is 4.42. The van der Waals surface area contributed by atoms with E-state index >= 15 is 0 Å². The van der Waals surface area contributed by atoms with Crippen LogP contribution in [-0.4, -0.2) is 44.2 Å². The van der Waals surface area contributed by atoms with Crippen LogP contribution in [0.5, 0.6) is 5.75 Å². The summed E-state index contributed by atoms with van der Waals surface area (Å²) in [6.07, 6.45) is 5.58. The largest absolute Gasteiger partial charge is 0.507 e. The molecule has 0 radical (unpaired) electrons. The molecule has 3 aromatic rings. The molecule has 1 aromatic carbocycles. The first-order chi connectivity index (χ1) is 12.6.